The van der Waals surface area contributed by atoms with Crippen molar-refractivity contribution in [2.75, 3.05) is 32.7 Å². The number of nitrogens with zero attached hydrogens (tertiary/aromatic N) is 1. The van der Waals surface area contributed by atoms with E-state index in [1.165, 1.54) is 25.8 Å². The lowest BCUT2D eigenvalue weighted by atomic mass is 10.2. The average molecular weight is 171 g/mol. The predicted molar refractivity (Wildman–Crippen MR) is 51.9 cm³/mol. The van der Waals surface area contributed by atoms with Crippen LogP contribution in [0.1, 0.15) is 19.3 Å². The van der Waals surface area contributed by atoms with Crippen molar-refractivity contribution in [3.05, 3.63) is 0 Å². The maximum Gasteiger partial charge on any atom is 0.0105 e. The summed E-state index contributed by atoms with van der Waals surface area (Å²) in [5.41, 5.74) is 11.0. The summed E-state index contributed by atoms with van der Waals surface area (Å²) in [6.07, 6.45) is 4.23. The summed E-state index contributed by atoms with van der Waals surface area (Å²) < 4.78 is 0. The molecule has 1 fully saturated rings. The van der Waals surface area contributed by atoms with Gasteiger partial charge in [-0.15, -0.1) is 0 Å². The van der Waals surface area contributed by atoms with Crippen molar-refractivity contribution in [1.29, 1.82) is 0 Å². The van der Waals surface area contributed by atoms with Gasteiger partial charge in [-0.05, 0) is 18.9 Å². The molecule has 1 aliphatic carbocycles. The molecule has 0 atom stereocenters. The minimum Gasteiger partial charge on any atom is -0.329 e. The van der Waals surface area contributed by atoms with E-state index in [1.54, 1.807) is 0 Å². The van der Waals surface area contributed by atoms with E-state index in [0.29, 0.717) is 0 Å². The van der Waals surface area contributed by atoms with Crippen LogP contribution in [0.3, 0.4) is 0 Å². The van der Waals surface area contributed by atoms with Crippen LogP contribution in [0, 0.1) is 5.92 Å². The zero-order valence-electron chi connectivity index (χ0n) is 7.84. The Labute approximate surface area is 75.1 Å². The maximum atomic E-state index is 5.50. The van der Waals surface area contributed by atoms with Gasteiger partial charge in [0, 0.05) is 26.2 Å². The molecule has 1 rings (SSSR count). The van der Waals surface area contributed by atoms with E-state index in [4.69, 9.17) is 11.5 Å². The molecule has 0 aromatic heterocycles. The van der Waals surface area contributed by atoms with E-state index in [0.717, 1.165) is 32.1 Å². The molecule has 0 unspecified atom stereocenters. The predicted octanol–water partition coefficient (Wildman–Crippen LogP) is 0.00590. The molecule has 0 aromatic carbocycles. The van der Waals surface area contributed by atoms with E-state index in [9.17, 15) is 0 Å². The van der Waals surface area contributed by atoms with Gasteiger partial charge < -0.3 is 16.4 Å². The monoisotopic (exact) mass is 171 g/mol. The number of hydrogen-bond donors (Lipinski definition) is 2. The third kappa shape index (κ3) is 4.04. The van der Waals surface area contributed by atoms with Crippen LogP contribution in [0.2, 0.25) is 0 Å². The summed E-state index contributed by atoms with van der Waals surface area (Å²) in [6.45, 7) is 4.71. The summed E-state index contributed by atoms with van der Waals surface area (Å²) in [5.74, 6) is 1.02. The minimum absolute atomic E-state index is 0.755. The molecule has 72 valence electrons. The molecule has 0 heterocycles. The lowest BCUT2D eigenvalue weighted by Crippen LogP contribution is -2.34. The SMILES string of the molecule is NCCN(CCN)CCC1CC1. The number of nitrogens with two attached hydrogens (primary N) is 2. The van der Waals surface area contributed by atoms with E-state index >= 15 is 0 Å². The van der Waals surface area contributed by atoms with Gasteiger partial charge >= 0.3 is 0 Å². The highest BCUT2D eigenvalue weighted by atomic mass is 15.1. The van der Waals surface area contributed by atoms with Gasteiger partial charge in [0.15, 0.2) is 0 Å². The Kier molecular flexibility index (Phi) is 4.58. The molecular weight excluding hydrogens is 150 g/mol. The Morgan fingerprint density at radius 1 is 1.00 bits per heavy atom. The number of hydrogen-bond acceptors (Lipinski definition) is 3. The van der Waals surface area contributed by atoms with E-state index in [2.05, 4.69) is 4.90 Å². The van der Waals surface area contributed by atoms with Crippen molar-refractivity contribution in [2.45, 2.75) is 19.3 Å². The Morgan fingerprint density at radius 2 is 1.58 bits per heavy atom. The molecule has 0 amide bonds. The molecule has 3 nitrogen and oxygen atoms in total. The molecule has 0 aromatic rings. The van der Waals surface area contributed by atoms with Gasteiger partial charge in [0.2, 0.25) is 0 Å². The first kappa shape index (κ1) is 9.96. The zero-order chi connectivity index (χ0) is 8.81. The van der Waals surface area contributed by atoms with E-state index < -0.39 is 0 Å². The lowest BCUT2D eigenvalue weighted by molar-refractivity contribution is 0.279. The molecule has 1 aliphatic rings. The highest BCUT2D eigenvalue weighted by molar-refractivity contribution is 4.74. The van der Waals surface area contributed by atoms with Gasteiger partial charge in [0.25, 0.3) is 0 Å². The van der Waals surface area contributed by atoms with Crippen LogP contribution < -0.4 is 11.5 Å². The molecule has 12 heavy (non-hydrogen) atoms. The summed E-state index contributed by atoms with van der Waals surface area (Å²) >= 11 is 0. The smallest absolute Gasteiger partial charge is 0.0105 e. The Hall–Kier alpha value is -0.120. The summed E-state index contributed by atoms with van der Waals surface area (Å²) in [5, 5.41) is 0. The third-order valence-corrected chi connectivity index (χ3v) is 2.44. The summed E-state index contributed by atoms with van der Waals surface area (Å²) in [4.78, 5) is 2.37. The quantitative estimate of drug-likeness (QED) is 0.567. The van der Waals surface area contributed by atoms with Gasteiger partial charge in [-0.1, -0.05) is 12.8 Å². The second-order valence-corrected chi connectivity index (χ2v) is 3.65. The van der Waals surface area contributed by atoms with E-state index in [1.807, 2.05) is 0 Å². The largest absolute Gasteiger partial charge is 0.329 e. The van der Waals surface area contributed by atoms with Crippen LogP contribution >= 0.6 is 0 Å². The van der Waals surface area contributed by atoms with Crippen molar-refractivity contribution in [3.63, 3.8) is 0 Å². The van der Waals surface area contributed by atoms with Gasteiger partial charge in [0.05, 0.1) is 0 Å². The first-order valence-electron chi connectivity index (χ1n) is 4.99. The van der Waals surface area contributed by atoms with Crippen LogP contribution in [0.15, 0.2) is 0 Å². The Bertz CT molecular complexity index is 106. The Morgan fingerprint density at radius 3 is 2.00 bits per heavy atom. The normalized spacial score (nSPS) is 17.2. The van der Waals surface area contributed by atoms with Crippen LogP contribution in [-0.2, 0) is 0 Å². The molecule has 0 spiro atoms. The standard InChI is InChI=1S/C9H21N3/c10-4-7-12(8-5-11)6-3-9-1-2-9/h9H,1-8,10-11H2. The van der Waals surface area contributed by atoms with Gasteiger partial charge in [-0.2, -0.15) is 0 Å². The van der Waals surface area contributed by atoms with Gasteiger partial charge in [-0.3, -0.25) is 0 Å². The van der Waals surface area contributed by atoms with Crippen molar-refractivity contribution in [1.82, 2.24) is 4.90 Å². The van der Waals surface area contributed by atoms with Crippen molar-refractivity contribution in [2.24, 2.45) is 17.4 Å². The molecule has 0 aliphatic heterocycles. The second kappa shape index (κ2) is 5.51. The molecule has 0 saturated heterocycles. The molecule has 0 radical (unpaired) electrons. The zero-order valence-corrected chi connectivity index (χ0v) is 7.84. The van der Waals surface area contributed by atoms with Crippen LogP contribution in [0.4, 0.5) is 0 Å². The third-order valence-electron chi connectivity index (χ3n) is 2.44. The highest BCUT2D eigenvalue weighted by Crippen LogP contribution is 2.32. The lowest BCUT2D eigenvalue weighted by Gasteiger charge is -2.20. The van der Waals surface area contributed by atoms with Crippen molar-refractivity contribution < 1.29 is 0 Å². The molecular formula is C9H21N3. The van der Waals surface area contributed by atoms with Gasteiger partial charge in [-0.25, -0.2) is 0 Å². The fourth-order valence-electron chi connectivity index (χ4n) is 1.47. The van der Waals surface area contributed by atoms with Crippen LogP contribution in [0.25, 0.3) is 0 Å². The first-order chi connectivity index (χ1) is 5.86. The Balaban J connectivity index is 2.03. The molecule has 3 heteroatoms. The topological polar surface area (TPSA) is 55.3 Å². The summed E-state index contributed by atoms with van der Waals surface area (Å²) in [6, 6.07) is 0. The second-order valence-electron chi connectivity index (χ2n) is 3.65. The maximum absolute atomic E-state index is 5.50. The first-order valence-corrected chi connectivity index (χ1v) is 4.99. The fraction of sp³-hybridized carbons (Fsp3) is 1.00. The van der Waals surface area contributed by atoms with Gasteiger partial charge in [0.1, 0.15) is 0 Å². The fourth-order valence-corrected chi connectivity index (χ4v) is 1.47. The van der Waals surface area contributed by atoms with E-state index in [-0.39, 0.29) is 0 Å². The molecule has 0 bridgehead atoms. The average Bonchev–Trinajstić information content (AvgIpc) is 2.84. The molecule has 4 N–H and O–H groups in total. The van der Waals surface area contributed by atoms with Crippen LogP contribution in [0.5, 0.6) is 0 Å². The summed E-state index contributed by atoms with van der Waals surface area (Å²) in [7, 11) is 0. The highest BCUT2D eigenvalue weighted by Gasteiger charge is 2.21. The number of rotatable bonds is 7. The minimum atomic E-state index is 0.755. The van der Waals surface area contributed by atoms with Crippen molar-refractivity contribution >= 4 is 0 Å². The molecule has 1 saturated carbocycles. The van der Waals surface area contributed by atoms with Crippen LogP contribution in [-0.4, -0.2) is 37.6 Å². The van der Waals surface area contributed by atoms with Crippen molar-refractivity contribution in [3.8, 4) is 0 Å².